The maximum absolute atomic E-state index is 11.8. The van der Waals surface area contributed by atoms with E-state index in [1.807, 2.05) is 0 Å². The second-order valence-corrected chi connectivity index (χ2v) is 11.5. The van der Waals surface area contributed by atoms with E-state index in [1.54, 1.807) is 6.92 Å². The molecule has 3 heteroatoms. The van der Waals surface area contributed by atoms with Crippen molar-refractivity contribution in [2.45, 2.75) is 99.8 Å². The minimum Gasteiger partial charge on any atom is -0.300 e. The average Bonchev–Trinajstić information content (AvgIpc) is 3.00. The SMILES string of the molecule is C=C1CC[C@@H]([C@@H]2CC[C@H]([C@H](C)C(C)CCOO)C2(C)C)[C@H](CC)[C@@]1(C)CCC(C)=O. The Kier molecular flexibility index (Phi) is 8.78. The van der Waals surface area contributed by atoms with Gasteiger partial charge in [0.25, 0.3) is 0 Å². The van der Waals surface area contributed by atoms with Gasteiger partial charge in [-0.25, -0.2) is 4.89 Å². The van der Waals surface area contributed by atoms with Gasteiger partial charge in [-0.05, 0) is 91.8 Å². The maximum atomic E-state index is 11.8. The Labute approximate surface area is 186 Å². The number of rotatable bonds is 10. The van der Waals surface area contributed by atoms with Crippen molar-refractivity contribution in [1.29, 1.82) is 0 Å². The largest absolute Gasteiger partial charge is 0.300 e. The summed E-state index contributed by atoms with van der Waals surface area (Å²) in [6.07, 6.45) is 8.73. The van der Waals surface area contributed by atoms with Crippen molar-refractivity contribution in [3.63, 3.8) is 0 Å². The van der Waals surface area contributed by atoms with E-state index in [4.69, 9.17) is 5.26 Å². The van der Waals surface area contributed by atoms with E-state index in [1.165, 1.54) is 31.3 Å². The van der Waals surface area contributed by atoms with Crippen LogP contribution in [0, 0.1) is 46.3 Å². The Balaban J connectivity index is 2.23. The number of Topliss-reactive ketones (excluding diaryl/α,β-unsaturated/α-hetero) is 1. The lowest BCUT2D eigenvalue weighted by Crippen LogP contribution is -2.45. The molecule has 174 valence electrons. The van der Waals surface area contributed by atoms with Gasteiger partial charge in [-0.3, -0.25) is 5.26 Å². The summed E-state index contributed by atoms with van der Waals surface area (Å²) in [5.41, 5.74) is 1.78. The normalized spacial score (nSPS) is 35.9. The maximum Gasteiger partial charge on any atom is 0.129 e. The third-order valence-corrected chi connectivity index (χ3v) is 9.77. The van der Waals surface area contributed by atoms with E-state index in [2.05, 4.69) is 53.0 Å². The quantitative estimate of drug-likeness (QED) is 0.225. The molecule has 0 radical (unpaired) electrons. The number of carbonyl (C=O) groups is 1. The highest BCUT2D eigenvalue weighted by molar-refractivity contribution is 5.75. The van der Waals surface area contributed by atoms with Gasteiger partial charge in [0.15, 0.2) is 0 Å². The highest BCUT2D eigenvalue weighted by atomic mass is 17.1. The van der Waals surface area contributed by atoms with Crippen LogP contribution >= 0.6 is 0 Å². The third-order valence-electron chi connectivity index (χ3n) is 9.77. The summed E-state index contributed by atoms with van der Waals surface area (Å²) in [4.78, 5) is 16.1. The van der Waals surface area contributed by atoms with Gasteiger partial charge < -0.3 is 4.79 Å². The molecule has 2 fully saturated rings. The zero-order valence-electron chi connectivity index (χ0n) is 20.8. The van der Waals surface area contributed by atoms with Gasteiger partial charge >= 0.3 is 0 Å². The van der Waals surface area contributed by atoms with Gasteiger partial charge in [-0.15, -0.1) is 0 Å². The molecule has 1 N–H and O–H groups in total. The number of carbonyl (C=O) groups excluding carboxylic acids is 1. The van der Waals surface area contributed by atoms with Crippen molar-refractivity contribution < 1.29 is 14.9 Å². The molecular formula is C27H48O3. The average molecular weight is 421 g/mol. The second kappa shape index (κ2) is 10.3. The molecule has 3 nitrogen and oxygen atoms in total. The molecule has 0 aromatic rings. The molecule has 0 amide bonds. The highest BCUT2D eigenvalue weighted by Crippen LogP contribution is 2.62. The summed E-state index contributed by atoms with van der Waals surface area (Å²) in [6, 6.07) is 0. The van der Waals surface area contributed by atoms with Gasteiger partial charge in [-0.1, -0.05) is 60.1 Å². The van der Waals surface area contributed by atoms with Crippen LogP contribution in [0.5, 0.6) is 0 Å². The molecule has 0 aromatic carbocycles. The molecule has 0 bridgehead atoms. The minimum atomic E-state index is 0.0921. The second-order valence-electron chi connectivity index (χ2n) is 11.5. The third kappa shape index (κ3) is 5.04. The lowest BCUT2D eigenvalue weighted by molar-refractivity contribution is -0.245. The van der Waals surface area contributed by atoms with E-state index in [0.29, 0.717) is 47.9 Å². The number of hydrogen-bond donors (Lipinski definition) is 1. The van der Waals surface area contributed by atoms with E-state index >= 15 is 0 Å². The zero-order valence-corrected chi connectivity index (χ0v) is 20.8. The first-order valence-corrected chi connectivity index (χ1v) is 12.4. The van der Waals surface area contributed by atoms with Gasteiger partial charge in [0.2, 0.25) is 0 Å². The monoisotopic (exact) mass is 420 g/mol. The molecule has 0 heterocycles. The molecule has 0 aliphatic heterocycles. The number of allylic oxidation sites excluding steroid dienone is 1. The van der Waals surface area contributed by atoms with Crippen LogP contribution in [0.25, 0.3) is 0 Å². The summed E-state index contributed by atoms with van der Waals surface area (Å²) in [7, 11) is 0. The Morgan fingerprint density at radius 1 is 1.23 bits per heavy atom. The molecule has 2 aliphatic carbocycles. The first kappa shape index (κ1) is 25.6. The van der Waals surface area contributed by atoms with E-state index in [9.17, 15) is 4.79 Å². The first-order valence-electron chi connectivity index (χ1n) is 12.4. The number of ketones is 1. The van der Waals surface area contributed by atoms with Crippen molar-refractivity contribution in [2.24, 2.45) is 46.3 Å². The summed E-state index contributed by atoms with van der Waals surface area (Å²) < 4.78 is 0. The molecule has 2 rings (SSSR count). The van der Waals surface area contributed by atoms with Gasteiger partial charge in [0, 0.05) is 6.42 Å². The standard InChI is InChI=1S/C27H48O3/c1-9-23-22(11-10-19(3)27(23,8)16-14-20(4)28)25-13-12-24(26(25,6)7)21(5)18(2)15-17-30-29/h18,21-25,29H,3,9-17H2,1-2,4-8H3/t18?,21-,22-,23+,24-,25+,27+/m1/s1. The van der Waals surface area contributed by atoms with Crippen LogP contribution in [0.15, 0.2) is 12.2 Å². The van der Waals surface area contributed by atoms with Crippen LogP contribution in [0.2, 0.25) is 0 Å². The fourth-order valence-corrected chi connectivity index (χ4v) is 7.58. The van der Waals surface area contributed by atoms with Crippen molar-refractivity contribution >= 4 is 5.78 Å². The molecule has 7 atom stereocenters. The molecule has 2 aliphatic rings. The van der Waals surface area contributed by atoms with Crippen LogP contribution in [0.3, 0.4) is 0 Å². The number of hydrogen-bond acceptors (Lipinski definition) is 3. The molecule has 0 spiro atoms. The Hall–Kier alpha value is -0.670. The molecule has 1 unspecified atom stereocenters. The Morgan fingerprint density at radius 3 is 2.47 bits per heavy atom. The summed E-state index contributed by atoms with van der Waals surface area (Å²) in [6.45, 7) is 21.2. The Bertz CT molecular complexity index is 595. The van der Waals surface area contributed by atoms with Gasteiger partial charge in [0.1, 0.15) is 5.78 Å². The molecule has 0 saturated heterocycles. The summed E-state index contributed by atoms with van der Waals surface area (Å²) in [5.74, 6) is 4.27. The molecular weight excluding hydrogens is 372 g/mol. The van der Waals surface area contributed by atoms with Crippen molar-refractivity contribution in [3.8, 4) is 0 Å². The van der Waals surface area contributed by atoms with Gasteiger partial charge in [-0.2, -0.15) is 0 Å². The summed E-state index contributed by atoms with van der Waals surface area (Å²) >= 11 is 0. The van der Waals surface area contributed by atoms with Crippen molar-refractivity contribution in [1.82, 2.24) is 0 Å². The topological polar surface area (TPSA) is 46.5 Å². The van der Waals surface area contributed by atoms with Crippen LogP contribution < -0.4 is 0 Å². The predicted octanol–water partition coefficient (Wildman–Crippen LogP) is 7.56. The van der Waals surface area contributed by atoms with Crippen LogP contribution in [0.1, 0.15) is 99.8 Å². The molecule has 2 saturated carbocycles. The fraction of sp³-hybridized carbons (Fsp3) is 0.889. The Morgan fingerprint density at radius 2 is 1.90 bits per heavy atom. The smallest absolute Gasteiger partial charge is 0.129 e. The van der Waals surface area contributed by atoms with Crippen LogP contribution in [-0.2, 0) is 9.68 Å². The minimum absolute atomic E-state index is 0.0921. The van der Waals surface area contributed by atoms with Crippen molar-refractivity contribution in [2.75, 3.05) is 6.61 Å². The fourth-order valence-electron chi connectivity index (χ4n) is 7.58. The van der Waals surface area contributed by atoms with E-state index < -0.39 is 0 Å². The molecule has 0 aromatic heterocycles. The predicted molar refractivity (Wildman–Crippen MR) is 125 cm³/mol. The summed E-state index contributed by atoms with van der Waals surface area (Å²) in [5, 5.41) is 8.75. The lowest BCUT2D eigenvalue weighted by atomic mass is 9.52. The van der Waals surface area contributed by atoms with Crippen LogP contribution in [-0.4, -0.2) is 17.6 Å². The lowest BCUT2D eigenvalue weighted by Gasteiger charge is -2.53. The highest BCUT2D eigenvalue weighted by Gasteiger charge is 2.53. The van der Waals surface area contributed by atoms with Crippen LogP contribution in [0.4, 0.5) is 0 Å². The first-order chi connectivity index (χ1) is 14.0. The molecule has 30 heavy (non-hydrogen) atoms. The van der Waals surface area contributed by atoms with E-state index in [-0.39, 0.29) is 5.41 Å². The van der Waals surface area contributed by atoms with E-state index in [0.717, 1.165) is 31.1 Å². The zero-order chi connectivity index (χ0) is 22.7. The van der Waals surface area contributed by atoms with Gasteiger partial charge in [0.05, 0.1) is 6.61 Å². The van der Waals surface area contributed by atoms with Crippen molar-refractivity contribution in [3.05, 3.63) is 12.2 Å².